The Morgan fingerprint density at radius 1 is 1.43 bits per heavy atom. The third-order valence-electron chi connectivity index (χ3n) is 1.57. The van der Waals surface area contributed by atoms with E-state index in [2.05, 4.69) is 10.0 Å². The molecule has 0 heterocycles. The molecule has 6 nitrogen and oxygen atoms in total. The van der Waals surface area contributed by atoms with Gasteiger partial charge in [-0.1, -0.05) is 6.92 Å². The summed E-state index contributed by atoms with van der Waals surface area (Å²) in [5.74, 6) is -0.261. The number of rotatable bonds is 6. The monoisotopic (exact) mass is 223 g/mol. The summed E-state index contributed by atoms with van der Waals surface area (Å²) >= 11 is 0. The minimum absolute atomic E-state index is 0.182. The largest absolute Gasteiger partial charge is 0.353 e. The minimum Gasteiger partial charge on any atom is -0.353 e. The average molecular weight is 223 g/mol. The van der Waals surface area contributed by atoms with Gasteiger partial charge in [-0.25, -0.2) is 13.1 Å². The quantitative estimate of drug-likeness (QED) is 0.471. The minimum atomic E-state index is -3.18. The molecule has 0 saturated heterocycles. The van der Waals surface area contributed by atoms with E-state index in [0.29, 0.717) is 6.42 Å². The normalized spacial score (nSPS) is 13.6. The van der Waals surface area contributed by atoms with Crippen molar-refractivity contribution in [1.29, 1.82) is 0 Å². The van der Waals surface area contributed by atoms with Gasteiger partial charge in [-0.2, -0.15) is 0 Å². The van der Waals surface area contributed by atoms with Gasteiger partial charge in [-0.05, 0) is 6.42 Å². The Bertz CT molecular complexity index is 276. The van der Waals surface area contributed by atoms with E-state index in [0.717, 1.165) is 6.26 Å². The number of nitrogens with one attached hydrogen (secondary N) is 2. The Morgan fingerprint density at radius 3 is 2.43 bits per heavy atom. The van der Waals surface area contributed by atoms with Crippen molar-refractivity contribution >= 4 is 15.9 Å². The summed E-state index contributed by atoms with van der Waals surface area (Å²) in [6, 6.07) is -0.520. The first kappa shape index (κ1) is 13.3. The number of amides is 1. The molecule has 14 heavy (non-hydrogen) atoms. The molecule has 0 spiro atoms. The second-order valence-electron chi connectivity index (χ2n) is 2.97. The summed E-state index contributed by atoms with van der Waals surface area (Å²) in [5.41, 5.74) is 5.43. The molecule has 0 aliphatic carbocycles. The predicted octanol–water partition coefficient (Wildman–Crippen LogP) is -1.61. The lowest BCUT2D eigenvalue weighted by Crippen LogP contribution is -2.43. The molecule has 4 N–H and O–H groups in total. The van der Waals surface area contributed by atoms with Crippen LogP contribution in [-0.4, -0.2) is 39.7 Å². The number of carbonyl (C=O) groups excluding carboxylic acids is 1. The van der Waals surface area contributed by atoms with Crippen molar-refractivity contribution in [3.05, 3.63) is 0 Å². The van der Waals surface area contributed by atoms with Crippen molar-refractivity contribution in [2.75, 3.05) is 19.3 Å². The van der Waals surface area contributed by atoms with Crippen LogP contribution >= 0.6 is 0 Å². The number of hydrogen-bond acceptors (Lipinski definition) is 4. The van der Waals surface area contributed by atoms with Gasteiger partial charge in [-0.3, -0.25) is 4.79 Å². The van der Waals surface area contributed by atoms with Gasteiger partial charge in [0, 0.05) is 13.1 Å². The molecule has 0 fully saturated rings. The zero-order valence-corrected chi connectivity index (χ0v) is 9.23. The van der Waals surface area contributed by atoms with E-state index in [1.54, 1.807) is 6.92 Å². The first-order chi connectivity index (χ1) is 6.37. The van der Waals surface area contributed by atoms with Crippen LogP contribution in [0.2, 0.25) is 0 Å². The molecule has 0 aromatic carbocycles. The molecule has 84 valence electrons. The van der Waals surface area contributed by atoms with Crippen molar-refractivity contribution in [3.8, 4) is 0 Å². The summed E-state index contributed by atoms with van der Waals surface area (Å²) < 4.78 is 23.5. The molecule has 0 bridgehead atoms. The van der Waals surface area contributed by atoms with Gasteiger partial charge in [0.25, 0.3) is 0 Å². The van der Waals surface area contributed by atoms with Gasteiger partial charge in [0.2, 0.25) is 15.9 Å². The first-order valence-electron chi connectivity index (χ1n) is 4.34. The maximum Gasteiger partial charge on any atom is 0.236 e. The molecule has 0 aliphatic rings. The molecular formula is C7H17N3O3S. The fourth-order valence-corrected chi connectivity index (χ4v) is 1.21. The third-order valence-corrected chi connectivity index (χ3v) is 2.29. The van der Waals surface area contributed by atoms with Crippen molar-refractivity contribution in [1.82, 2.24) is 10.0 Å². The van der Waals surface area contributed by atoms with Crippen molar-refractivity contribution in [2.24, 2.45) is 5.73 Å². The zero-order chi connectivity index (χ0) is 11.2. The summed E-state index contributed by atoms with van der Waals surface area (Å²) in [5, 5.41) is 2.52. The van der Waals surface area contributed by atoms with Crippen LogP contribution in [0.3, 0.4) is 0 Å². The van der Waals surface area contributed by atoms with Gasteiger partial charge in [0.15, 0.2) is 0 Å². The van der Waals surface area contributed by atoms with Crippen LogP contribution in [0.15, 0.2) is 0 Å². The van der Waals surface area contributed by atoms with Gasteiger partial charge >= 0.3 is 0 Å². The molecule has 7 heteroatoms. The topological polar surface area (TPSA) is 101 Å². The number of sulfonamides is 1. The van der Waals surface area contributed by atoms with Crippen LogP contribution in [0, 0.1) is 0 Å². The van der Waals surface area contributed by atoms with E-state index in [9.17, 15) is 13.2 Å². The van der Waals surface area contributed by atoms with E-state index >= 15 is 0 Å². The van der Waals surface area contributed by atoms with Crippen LogP contribution in [0.1, 0.15) is 13.3 Å². The summed E-state index contributed by atoms with van der Waals surface area (Å²) in [6.07, 6.45) is 1.62. The van der Waals surface area contributed by atoms with Crippen LogP contribution in [0.5, 0.6) is 0 Å². The summed E-state index contributed by atoms with van der Waals surface area (Å²) in [7, 11) is -3.18. The van der Waals surface area contributed by atoms with Crippen molar-refractivity contribution in [2.45, 2.75) is 19.4 Å². The lowest BCUT2D eigenvalue weighted by atomic mass is 10.2. The highest BCUT2D eigenvalue weighted by atomic mass is 32.2. The van der Waals surface area contributed by atoms with Crippen LogP contribution < -0.4 is 15.8 Å². The number of hydrogen-bond donors (Lipinski definition) is 3. The number of nitrogens with two attached hydrogens (primary N) is 1. The van der Waals surface area contributed by atoms with E-state index in [1.807, 2.05) is 0 Å². The Balaban J connectivity index is 3.61. The molecule has 1 amide bonds. The van der Waals surface area contributed by atoms with Crippen molar-refractivity contribution in [3.63, 3.8) is 0 Å². The summed E-state index contributed by atoms with van der Waals surface area (Å²) in [6.45, 7) is 2.24. The predicted molar refractivity (Wildman–Crippen MR) is 54.1 cm³/mol. The summed E-state index contributed by atoms with van der Waals surface area (Å²) in [4.78, 5) is 11.1. The molecule has 0 aromatic rings. The van der Waals surface area contributed by atoms with Crippen LogP contribution in [0.4, 0.5) is 0 Å². The maximum absolute atomic E-state index is 11.1. The second-order valence-corrected chi connectivity index (χ2v) is 4.81. The highest BCUT2D eigenvalue weighted by molar-refractivity contribution is 7.88. The van der Waals surface area contributed by atoms with Gasteiger partial charge in [-0.15, -0.1) is 0 Å². The zero-order valence-electron chi connectivity index (χ0n) is 8.41. The maximum atomic E-state index is 11.1. The van der Waals surface area contributed by atoms with E-state index in [1.165, 1.54) is 0 Å². The van der Waals surface area contributed by atoms with Crippen LogP contribution in [0.25, 0.3) is 0 Å². The lowest BCUT2D eigenvalue weighted by molar-refractivity contribution is -0.122. The molecule has 0 rings (SSSR count). The Kier molecular flexibility index (Phi) is 5.66. The van der Waals surface area contributed by atoms with E-state index in [4.69, 9.17) is 5.73 Å². The fourth-order valence-electron chi connectivity index (χ4n) is 0.739. The SMILES string of the molecule is CC[C@@H](N)C(=O)NCCNS(C)(=O)=O. The van der Waals surface area contributed by atoms with Crippen molar-refractivity contribution < 1.29 is 13.2 Å². The smallest absolute Gasteiger partial charge is 0.236 e. The van der Waals surface area contributed by atoms with Gasteiger partial charge in [0.05, 0.1) is 12.3 Å². The van der Waals surface area contributed by atoms with E-state index in [-0.39, 0.29) is 19.0 Å². The molecular weight excluding hydrogens is 206 g/mol. The van der Waals surface area contributed by atoms with Crippen LogP contribution in [-0.2, 0) is 14.8 Å². The average Bonchev–Trinajstić information content (AvgIpc) is 2.09. The highest BCUT2D eigenvalue weighted by Crippen LogP contribution is 1.84. The second kappa shape index (κ2) is 5.94. The fraction of sp³-hybridized carbons (Fsp3) is 0.857. The molecule has 0 unspecified atom stereocenters. The Morgan fingerprint density at radius 2 is 2.00 bits per heavy atom. The molecule has 0 aliphatic heterocycles. The Hall–Kier alpha value is -0.660. The molecule has 0 aromatic heterocycles. The number of carbonyl (C=O) groups is 1. The lowest BCUT2D eigenvalue weighted by Gasteiger charge is -2.09. The van der Waals surface area contributed by atoms with Gasteiger partial charge in [0.1, 0.15) is 0 Å². The molecule has 1 atom stereocenters. The first-order valence-corrected chi connectivity index (χ1v) is 6.24. The van der Waals surface area contributed by atoms with E-state index < -0.39 is 16.1 Å². The van der Waals surface area contributed by atoms with Gasteiger partial charge < -0.3 is 11.1 Å². The molecule has 0 saturated carbocycles. The molecule has 0 radical (unpaired) electrons. The Labute approximate surface area is 84.3 Å². The highest BCUT2D eigenvalue weighted by Gasteiger charge is 2.09. The standard InChI is InChI=1S/C7H17N3O3S/c1-3-6(8)7(11)9-4-5-10-14(2,12)13/h6,10H,3-5,8H2,1-2H3,(H,9,11)/t6-/m1/s1. The third kappa shape index (κ3) is 6.81.